The van der Waals surface area contributed by atoms with Crippen LogP contribution in [0.5, 0.6) is 0 Å². The van der Waals surface area contributed by atoms with Crippen LogP contribution in [0.25, 0.3) is 0 Å². The first-order chi connectivity index (χ1) is 8.74. The normalized spacial score (nSPS) is 33.0. The van der Waals surface area contributed by atoms with Gasteiger partial charge in [0.2, 0.25) is 0 Å². The average molecular weight is 253 g/mol. The Balaban J connectivity index is 1.71. The van der Waals surface area contributed by atoms with E-state index in [1.165, 1.54) is 51.7 Å². The third-order valence-electron chi connectivity index (χ3n) is 5.10. The Morgan fingerprint density at radius 1 is 1.11 bits per heavy atom. The molecule has 2 saturated heterocycles. The van der Waals surface area contributed by atoms with Crippen molar-refractivity contribution in [3.63, 3.8) is 0 Å². The zero-order valence-corrected chi connectivity index (χ0v) is 12.5. The zero-order chi connectivity index (χ0) is 13.0. The molecule has 1 N–H and O–H groups in total. The fourth-order valence-electron chi connectivity index (χ4n) is 3.75. The maximum absolute atomic E-state index is 3.80. The summed E-state index contributed by atoms with van der Waals surface area (Å²) in [4.78, 5) is 5.15. The number of hydrogen-bond acceptors (Lipinski definition) is 3. The summed E-state index contributed by atoms with van der Waals surface area (Å²) in [7, 11) is 2.33. The Bertz CT molecular complexity index is 226. The molecule has 2 aliphatic rings. The summed E-state index contributed by atoms with van der Waals surface area (Å²) in [5, 5.41) is 3.80. The van der Waals surface area contributed by atoms with Crippen LogP contribution in [0.2, 0.25) is 0 Å². The maximum atomic E-state index is 3.80. The molecule has 2 aliphatic heterocycles. The van der Waals surface area contributed by atoms with E-state index in [1.807, 2.05) is 0 Å². The van der Waals surface area contributed by atoms with Crippen LogP contribution in [0.15, 0.2) is 0 Å². The van der Waals surface area contributed by atoms with E-state index in [2.05, 4.69) is 36.0 Å². The molecule has 2 unspecified atom stereocenters. The highest BCUT2D eigenvalue weighted by Crippen LogP contribution is 2.32. The summed E-state index contributed by atoms with van der Waals surface area (Å²) in [6.45, 7) is 9.23. The first kappa shape index (κ1) is 14.3. The van der Waals surface area contributed by atoms with Gasteiger partial charge in [-0.3, -0.25) is 0 Å². The summed E-state index contributed by atoms with van der Waals surface area (Å²) in [6, 6.07) is 2.47. The number of likely N-dealkylation sites (N-methyl/N-ethyl adjacent to an activating group) is 1. The molecule has 18 heavy (non-hydrogen) atoms. The molecule has 0 aromatic rings. The Morgan fingerprint density at radius 2 is 1.72 bits per heavy atom. The van der Waals surface area contributed by atoms with Gasteiger partial charge in [-0.2, -0.15) is 0 Å². The van der Waals surface area contributed by atoms with Gasteiger partial charge in [-0.1, -0.05) is 20.3 Å². The molecule has 2 heterocycles. The Hall–Kier alpha value is -0.120. The molecule has 0 radical (unpaired) electrons. The predicted molar refractivity (Wildman–Crippen MR) is 78.0 cm³/mol. The molecule has 0 aliphatic carbocycles. The van der Waals surface area contributed by atoms with Crippen LogP contribution in [0, 0.1) is 0 Å². The van der Waals surface area contributed by atoms with Gasteiger partial charge in [0, 0.05) is 31.2 Å². The largest absolute Gasteiger partial charge is 0.313 e. The lowest BCUT2D eigenvalue weighted by atomic mass is 9.82. The Kier molecular flexibility index (Phi) is 5.46. The van der Waals surface area contributed by atoms with Gasteiger partial charge in [0.05, 0.1) is 0 Å². The van der Waals surface area contributed by atoms with Crippen LogP contribution in [-0.4, -0.2) is 61.2 Å². The smallest absolute Gasteiger partial charge is 0.0110 e. The lowest BCUT2D eigenvalue weighted by molar-refractivity contribution is 0.0481. The number of piperidine rings is 2. The third kappa shape index (κ3) is 3.46. The van der Waals surface area contributed by atoms with Gasteiger partial charge < -0.3 is 15.1 Å². The Morgan fingerprint density at radius 3 is 2.28 bits per heavy atom. The van der Waals surface area contributed by atoms with Gasteiger partial charge in [0.25, 0.3) is 0 Å². The highest BCUT2D eigenvalue weighted by atomic mass is 15.2. The van der Waals surface area contributed by atoms with E-state index >= 15 is 0 Å². The highest BCUT2D eigenvalue weighted by Gasteiger charge is 2.35. The minimum absolute atomic E-state index is 0.770. The van der Waals surface area contributed by atoms with E-state index in [9.17, 15) is 0 Å². The second-order valence-electron chi connectivity index (χ2n) is 6.05. The van der Waals surface area contributed by atoms with Gasteiger partial charge in [-0.15, -0.1) is 0 Å². The van der Waals surface area contributed by atoms with Crippen molar-refractivity contribution >= 4 is 0 Å². The lowest BCUT2D eigenvalue weighted by Crippen LogP contribution is -2.55. The lowest BCUT2D eigenvalue weighted by Gasteiger charge is -2.47. The zero-order valence-electron chi connectivity index (χ0n) is 12.5. The average Bonchev–Trinajstić information content (AvgIpc) is 2.35. The van der Waals surface area contributed by atoms with Crippen molar-refractivity contribution in [1.82, 2.24) is 15.1 Å². The molecular formula is C15H31N3. The first-order valence-electron chi connectivity index (χ1n) is 7.92. The van der Waals surface area contributed by atoms with Gasteiger partial charge in [-0.05, 0) is 45.8 Å². The van der Waals surface area contributed by atoms with Crippen LogP contribution >= 0.6 is 0 Å². The monoisotopic (exact) mass is 253 g/mol. The summed E-state index contributed by atoms with van der Waals surface area (Å²) >= 11 is 0. The minimum atomic E-state index is 0.770. The molecule has 106 valence electrons. The van der Waals surface area contributed by atoms with E-state index in [-0.39, 0.29) is 0 Å². The van der Waals surface area contributed by atoms with Crippen molar-refractivity contribution in [2.24, 2.45) is 0 Å². The molecule has 0 spiro atoms. The molecule has 3 heteroatoms. The van der Waals surface area contributed by atoms with E-state index in [1.54, 1.807) is 0 Å². The standard InChI is InChI=1S/C15H31N3/c1-4-18(5-2)10-9-16-13-11-14-7-6-8-15(12-13)17(14)3/h13-16H,4-12H2,1-3H3. The topological polar surface area (TPSA) is 18.5 Å². The molecular weight excluding hydrogens is 222 g/mol. The van der Waals surface area contributed by atoms with Crippen LogP contribution in [0.3, 0.4) is 0 Å². The number of rotatable bonds is 6. The second kappa shape index (κ2) is 6.88. The van der Waals surface area contributed by atoms with Crippen LogP contribution < -0.4 is 5.32 Å². The van der Waals surface area contributed by atoms with Gasteiger partial charge in [0.1, 0.15) is 0 Å². The van der Waals surface area contributed by atoms with E-state index < -0.39 is 0 Å². The molecule has 0 saturated carbocycles. The number of fused-ring (bicyclic) bond motifs is 2. The van der Waals surface area contributed by atoms with Crippen molar-refractivity contribution in [2.45, 2.75) is 64.1 Å². The fourth-order valence-corrected chi connectivity index (χ4v) is 3.75. The second-order valence-corrected chi connectivity index (χ2v) is 6.05. The molecule has 2 bridgehead atoms. The number of nitrogens with one attached hydrogen (secondary N) is 1. The molecule has 2 rings (SSSR count). The van der Waals surface area contributed by atoms with E-state index in [0.717, 1.165) is 24.7 Å². The minimum Gasteiger partial charge on any atom is -0.313 e. The van der Waals surface area contributed by atoms with E-state index in [4.69, 9.17) is 0 Å². The van der Waals surface area contributed by atoms with Crippen molar-refractivity contribution < 1.29 is 0 Å². The number of nitrogens with zero attached hydrogens (tertiary/aromatic N) is 2. The van der Waals surface area contributed by atoms with Crippen molar-refractivity contribution in [1.29, 1.82) is 0 Å². The van der Waals surface area contributed by atoms with Gasteiger partial charge >= 0.3 is 0 Å². The van der Waals surface area contributed by atoms with E-state index in [0.29, 0.717) is 0 Å². The van der Waals surface area contributed by atoms with Crippen molar-refractivity contribution in [2.75, 3.05) is 33.2 Å². The van der Waals surface area contributed by atoms with Gasteiger partial charge in [-0.25, -0.2) is 0 Å². The van der Waals surface area contributed by atoms with Gasteiger partial charge in [0.15, 0.2) is 0 Å². The Labute approximate surface area is 113 Å². The molecule has 3 nitrogen and oxygen atoms in total. The third-order valence-corrected chi connectivity index (χ3v) is 5.10. The number of hydrogen-bond donors (Lipinski definition) is 1. The first-order valence-corrected chi connectivity index (χ1v) is 7.92. The summed E-state index contributed by atoms with van der Waals surface area (Å²) in [6.07, 6.45) is 7.02. The maximum Gasteiger partial charge on any atom is 0.0110 e. The van der Waals surface area contributed by atoms with Crippen molar-refractivity contribution in [3.05, 3.63) is 0 Å². The quantitative estimate of drug-likeness (QED) is 0.780. The van der Waals surface area contributed by atoms with Crippen LogP contribution in [0.1, 0.15) is 46.0 Å². The molecule has 0 amide bonds. The van der Waals surface area contributed by atoms with Crippen LogP contribution in [-0.2, 0) is 0 Å². The summed E-state index contributed by atoms with van der Waals surface area (Å²) in [5.41, 5.74) is 0. The molecule has 0 aromatic carbocycles. The highest BCUT2D eigenvalue weighted by molar-refractivity contribution is 4.93. The van der Waals surface area contributed by atoms with Crippen molar-refractivity contribution in [3.8, 4) is 0 Å². The molecule has 2 atom stereocenters. The SMILES string of the molecule is CCN(CC)CCNC1CC2CCCC(C1)N2C. The summed E-state index contributed by atoms with van der Waals surface area (Å²) in [5.74, 6) is 0. The molecule has 0 aromatic heterocycles. The van der Waals surface area contributed by atoms with Crippen LogP contribution in [0.4, 0.5) is 0 Å². The predicted octanol–water partition coefficient (Wildman–Crippen LogP) is 1.93. The fraction of sp³-hybridized carbons (Fsp3) is 1.00. The molecule has 2 fully saturated rings. The summed E-state index contributed by atoms with van der Waals surface area (Å²) < 4.78 is 0.